The number of likely N-dealkylation sites (tertiary alicyclic amines) is 1. The lowest BCUT2D eigenvalue weighted by Crippen LogP contribution is -2.45. The Kier molecular flexibility index (Phi) is 14.5. The summed E-state index contributed by atoms with van der Waals surface area (Å²) >= 11 is 0. The van der Waals surface area contributed by atoms with Crippen molar-refractivity contribution in [3.8, 4) is 0 Å². The van der Waals surface area contributed by atoms with Gasteiger partial charge in [-0.2, -0.15) is 0 Å². The van der Waals surface area contributed by atoms with Crippen LogP contribution in [-0.2, 0) is 4.74 Å². The van der Waals surface area contributed by atoms with Gasteiger partial charge in [-0.05, 0) is 46.1 Å². The van der Waals surface area contributed by atoms with Crippen molar-refractivity contribution in [2.75, 3.05) is 46.4 Å². The minimum atomic E-state index is 0. The van der Waals surface area contributed by atoms with Gasteiger partial charge in [0.25, 0.3) is 0 Å². The first kappa shape index (κ1) is 21.9. The predicted octanol–water partition coefficient (Wildman–Crippen LogP) is 2.46. The number of piperidine rings is 1. The molecule has 22 heavy (non-hydrogen) atoms. The summed E-state index contributed by atoms with van der Waals surface area (Å²) in [6.07, 6.45) is 6.28. The molecule has 6 heteroatoms. The average molecular weight is 426 g/mol. The largest absolute Gasteiger partial charge is 0.382 e. The van der Waals surface area contributed by atoms with Gasteiger partial charge in [0.2, 0.25) is 0 Å². The fraction of sp³-hybridized carbons (Fsp3) is 0.938. The molecule has 0 aromatic heterocycles. The topological polar surface area (TPSA) is 48.9 Å². The summed E-state index contributed by atoms with van der Waals surface area (Å²) in [6, 6.07) is 0.731. The fourth-order valence-electron chi connectivity index (χ4n) is 2.71. The first-order valence-electron chi connectivity index (χ1n) is 8.54. The van der Waals surface area contributed by atoms with Gasteiger partial charge in [-0.1, -0.05) is 6.42 Å². The van der Waals surface area contributed by atoms with Crippen molar-refractivity contribution in [2.45, 2.75) is 52.0 Å². The second kappa shape index (κ2) is 14.5. The molecule has 132 valence electrons. The van der Waals surface area contributed by atoms with Crippen molar-refractivity contribution >= 4 is 29.9 Å². The van der Waals surface area contributed by atoms with Crippen LogP contribution in [-0.4, -0.2) is 63.3 Å². The molecule has 0 bridgehead atoms. The summed E-state index contributed by atoms with van der Waals surface area (Å²) in [6.45, 7) is 10.3. The number of hydrogen-bond acceptors (Lipinski definition) is 3. The van der Waals surface area contributed by atoms with Crippen LogP contribution in [0.5, 0.6) is 0 Å². The summed E-state index contributed by atoms with van der Waals surface area (Å²) in [5.74, 6) is 0.913. The number of guanidine groups is 1. The molecule has 0 amide bonds. The highest BCUT2D eigenvalue weighted by Gasteiger charge is 2.17. The van der Waals surface area contributed by atoms with E-state index in [1.807, 2.05) is 14.0 Å². The molecule has 1 aliphatic rings. The van der Waals surface area contributed by atoms with Crippen LogP contribution in [0, 0.1) is 0 Å². The lowest BCUT2D eigenvalue weighted by Gasteiger charge is -2.33. The Hall–Kier alpha value is -0.0800. The van der Waals surface area contributed by atoms with E-state index in [9.17, 15) is 0 Å². The first-order valence-corrected chi connectivity index (χ1v) is 8.54. The molecule has 1 heterocycles. The van der Waals surface area contributed by atoms with Gasteiger partial charge in [0.1, 0.15) is 0 Å². The highest BCUT2D eigenvalue weighted by molar-refractivity contribution is 14.0. The Morgan fingerprint density at radius 1 is 1.23 bits per heavy atom. The maximum Gasteiger partial charge on any atom is 0.191 e. The van der Waals surface area contributed by atoms with Crippen LogP contribution < -0.4 is 10.6 Å². The van der Waals surface area contributed by atoms with E-state index in [2.05, 4.69) is 27.4 Å². The number of unbranched alkanes of at least 4 members (excludes halogenated alkanes) is 1. The average Bonchev–Trinajstić information content (AvgIpc) is 2.50. The molecular weight excluding hydrogens is 391 g/mol. The van der Waals surface area contributed by atoms with Crippen molar-refractivity contribution in [3.05, 3.63) is 0 Å². The number of rotatable bonds is 9. The van der Waals surface area contributed by atoms with Crippen LogP contribution in [0.25, 0.3) is 0 Å². The van der Waals surface area contributed by atoms with E-state index in [0.29, 0.717) is 0 Å². The smallest absolute Gasteiger partial charge is 0.191 e. The number of aliphatic imine (C=N–C) groups is 1. The van der Waals surface area contributed by atoms with Crippen LogP contribution >= 0.6 is 24.0 Å². The molecule has 0 saturated carbocycles. The normalized spacial score (nSPS) is 19.6. The Bertz CT molecular complexity index is 289. The van der Waals surface area contributed by atoms with E-state index < -0.39 is 0 Å². The molecule has 0 radical (unpaired) electrons. The van der Waals surface area contributed by atoms with Crippen LogP contribution in [0.3, 0.4) is 0 Å². The van der Waals surface area contributed by atoms with Crippen molar-refractivity contribution in [2.24, 2.45) is 4.99 Å². The third-order valence-corrected chi connectivity index (χ3v) is 4.07. The Morgan fingerprint density at radius 2 is 2.00 bits per heavy atom. The van der Waals surface area contributed by atoms with Crippen molar-refractivity contribution in [1.29, 1.82) is 0 Å². The monoisotopic (exact) mass is 426 g/mol. The zero-order valence-corrected chi connectivity index (χ0v) is 16.9. The van der Waals surface area contributed by atoms with Crippen LogP contribution in [0.1, 0.15) is 46.0 Å². The first-order chi connectivity index (χ1) is 10.3. The molecule has 1 saturated heterocycles. The van der Waals surface area contributed by atoms with Gasteiger partial charge >= 0.3 is 0 Å². The minimum absolute atomic E-state index is 0. The van der Waals surface area contributed by atoms with Gasteiger partial charge in [0.05, 0.1) is 0 Å². The minimum Gasteiger partial charge on any atom is -0.382 e. The predicted molar refractivity (Wildman–Crippen MR) is 105 cm³/mol. The van der Waals surface area contributed by atoms with E-state index in [4.69, 9.17) is 4.74 Å². The van der Waals surface area contributed by atoms with Gasteiger partial charge < -0.3 is 15.4 Å². The number of halogens is 1. The van der Waals surface area contributed by atoms with Gasteiger partial charge in [-0.15, -0.1) is 24.0 Å². The summed E-state index contributed by atoms with van der Waals surface area (Å²) in [5, 5.41) is 6.77. The van der Waals surface area contributed by atoms with Gasteiger partial charge in [-0.3, -0.25) is 9.89 Å². The second-order valence-electron chi connectivity index (χ2n) is 5.71. The summed E-state index contributed by atoms with van der Waals surface area (Å²) in [4.78, 5) is 6.84. The highest BCUT2D eigenvalue weighted by atomic mass is 127. The second-order valence-corrected chi connectivity index (χ2v) is 5.71. The molecule has 2 N–H and O–H groups in total. The highest BCUT2D eigenvalue weighted by Crippen LogP contribution is 2.15. The summed E-state index contributed by atoms with van der Waals surface area (Å²) in [7, 11) is 1.83. The van der Waals surface area contributed by atoms with E-state index in [0.717, 1.165) is 57.7 Å². The lowest BCUT2D eigenvalue weighted by atomic mass is 10.0. The number of hydrogen-bond donors (Lipinski definition) is 2. The fourth-order valence-corrected chi connectivity index (χ4v) is 2.71. The van der Waals surface area contributed by atoms with Crippen LogP contribution in [0.2, 0.25) is 0 Å². The van der Waals surface area contributed by atoms with Crippen molar-refractivity contribution in [3.63, 3.8) is 0 Å². The van der Waals surface area contributed by atoms with Crippen molar-refractivity contribution in [1.82, 2.24) is 15.5 Å². The molecule has 1 fully saturated rings. The summed E-state index contributed by atoms with van der Waals surface area (Å²) in [5.41, 5.74) is 0. The molecule has 1 rings (SSSR count). The third kappa shape index (κ3) is 9.84. The summed E-state index contributed by atoms with van der Waals surface area (Å²) < 4.78 is 5.33. The lowest BCUT2D eigenvalue weighted by molar-refractivity contribution is 0.143. The molecule has 0 spiro atoms. The van der Waals surface area contributed by atoms with Gasteiger partial charge in [0.15, 0.2) is 5.96 Å². The van der Waals surface area contributed by atoms with Crippen molar-refractivity contribution < 1.29 is 4.74 Å². The maximum absolute atomic E-state index is 5.33. The number of nitrogens with one attached hydrogen (secondary N) is 2. The van der Waals surface area contributed by atoms with E-state index >= 15 is 0 Å². The number of ether oxygens (including phenoxy) is 1. The van der Waals surface area contributed by atoms with Gasteiger partial charge in [0, 0.05) is 45.9 Å². The molecule has 1 aliphatic heterocycles. The van der Waals surface area contributed by atoms with Crippen LogP contribution in [0.15, 0.2) is 4.99 Å². The molecule has 1 atom stereocenters. The molecule has 0 aromatic rings. The molecular formula is C16H35IN4O. The SMILES string of the molecule is CCOCCCCNC(=NC)NCCN1CCCCC1C.I. The molecule has 0 aliphatic carbocycles. The van der Waals surface area contributed by atoms with Gasteiger partial charge in [-0.25, -0.2) is 0 Å². The Morgan fingerprint density at radius 3 is 2.68 bits per heavy atom. The standard InChI is InChI=1S/C16H34N4O.HI/c1-4-21-14-8-6-10-18-16(17-3)19-11-13-20-12-7-5-9-15(20)2;/h15H,4-14H2,1-3H3,(H2,17,18,19);1H. The Labute approximate surface area is 153 Å². The maximum atomic E-state index is 5.33. The number of nitrogens with zero attached hydrogens (tertiary/aromatic N) is 2. The molecule has 0 aromatic carbocycles. The van der Waals surface area contributed by atoms with E-state index in [1.165, 1.54) is 25.8 Å². The quantitative estimate of drug-likeness (QED) is 0.258. The molecule has 1 unspecified atom stereocenters. The van der Waals surface area contributed by atoms with Crippen LogP contribution in [0.4, 0.5) is 0 Å². The van der Waals surface area contributed by atoms with E-state index in [-0.39, 0.29) is 24.0 Å². The zero-order valence-electron chi connectivity index (χ0n) is 14.6. The zero-order chi connectivity index (χ0) is 15.3. The molecule has 5 nitrogen and oxygen atoms in total. The third-order valence-electron chi connectivity index (χ3n) is 4.07. The Balaban J connectivity index is 0.00000441. The van der Waals surface area contributed by atoms with E-state index in [1.54, 1.807) is 0 Å².